The van der Waals surface area contributed by atoms with Gasteiger partial charge in [0.1, 0.15) is 0 Å². The van der Waals surface area contributed by atoms with Crippen LogP contribution in [0.3, 0.4) is 0 Å². The number of rotatable bonds is 5. The molecular weight excluding hydrogens is 608 g/mol. The van der Waals surface area contributed by atoms with E-state index in [2.05, 4.69) is 123 Å². The van der Waals surface area contributed by atoms with E-state index in [1.807, 2.05) is 77.9 Å². The van der Waals surface area contributed by atoms with Crippen LogP contribution in [0.1, 0.15) is 76.3 Å². The molecule has 0 saturated heterocycles. The van der Waals surface area contributed by atoms with Crippen molar-refractivity contribution < 1.29 is 21.7 Å². The molecule has 46 heavy (non-hydrogen) atoms. The fraction of sp³-hybridized carbons (Fsp3) is 0.286. The minimum atomic E-state index is -0.701. The maximum atomic E-state index is 6.94. The van der Waals surface area contributed by atoms with Crippen molar-refractivity contribution >= 4 is 27.0 Å². The zero-order chi connectivity index (χ0) is 33.5. The molecule has 240 valence electrons. The van der Waals surface area contributed by atoms with Crippen molar-refractivity contribution in [1.29, 1.82) is 0 Å². The van der Waals surface area contributed by atoms with Crippen LogP contribution in [0.4, 0.5) is 0 Å². The molecule has 1 atom stereocenters. The van der Waals surface area contributed by atoms with E-state index < -0.39 is 8.80 Å². The number of allylic oxidation sites excluding steroid dienone is 3. The summed E-state index contributed by atoms with van der Waals surface area (Å²) in [6.45, 7) is 18.3. The van der Waals surface area contributed by atoms with Gasteiger partial charge in [-0.15, -0.1) is 11.1 Å². The molecule has 2 N–H and O–H groups in total. The zero-order valence-electron chi connectivity index (χ0n) is 29.4. The first-order chi connectivity index (χ1) is 21.1. The summed E-state index contributed by atoms with van der Waals surface area (Å²) in [4.78, 5) is 0. The Morgan fingerprint density at radius 2 is 0.978 bits per heavy atom. The molecule has 0 heterocycles. The minimum Gasteiger partial charge on any atom is -0.673 e. The fourth-order valence-corrected chi connectivity index (χ4v) is 6.95. The molecular formula is C42H54N2SiTi. The maximum absolute atomic E-state index is 6.94. The molecule has 0 aliphatic heterocycles. The molecule has 0 saturated carbocycles. The van der Waals surface area contributed by atoms with Gasteiger partial charge >= 0.3 is 21.7 Å². The molecule has 0 fully saturated rings. The van der Waals surface area contributed by atoms with E-state index in [0.29, 0.717) is 0 Å². The van der Waals surface area contributed by atoms with Gasteiger partial charge in [-0.05, 0) is 45.8 Å². The number of nitrogens with one attached hydrogen (secondary N) is 2. The number of fused-ring (bicyclic) bond motifs is 1. The van der Waals surface area contributed by atoms with Crippen LogP contribution in [0, 0.1) is 0 Å². The van der Waals surface area contributed by atoms with E-state index in [0.717, 1.165) is 5.54 Å². The van der Waals surface area contributed by atoms with Crippen molar-refractivity contribution in [1.82, 2.24) is 0 Å². The first kappa shape index (κ1) is 41.0. The molecule has 0 aromatic heterocycles. The average molecular weight is 663 g/mol. The van der Waals surface area contributed by atoms with Crippen molar-refractivity contribution in [2.45, 2.75) is 78.2 Å². The normalized spacial score (nSPS) is 13.7. The third-order valence-electron chi connectivity index (χ3n) is 6.38. The second-order valence-electron chi connectivity index (χ2n) is 13.8. The van der Waals surface area contributed by atoms with E-state index in [-0.39, 0.29) is 32.8 Å². The Bertz CT molecular complexity index is 1420. The molecule has 2 nitrogen and oxygen atoms in total. The average Bonchev–Trinajstić information content (AvgIpc) is 3.32. The summed E-state index contributed by atoms with van der Waals surface area (Å²) in [5.74, 6) is 0. The van der Waals surface area contributed by atoms with Gasteiger partial charge in [0.15, 0.2) is 0 Å². The van der Waals surface area contributed by atoms with Crippen molar-refractivity contribution in [2.75, 3.05) is 0 Å². The molecule has 0 bridgehead atoms. The van der Waals surface area contributed by atoms with Crippen molar-refractivity contribution in [3.8, 4) is 11.1 Å². The molecule has 4 aromatic carbocycles. The Hall–Kier alpha value is -3.05. The molecule has 4 heteroatoms. The first-order valence-corrected chi connectivity index (χ1v) is 18.9. The predicted octanol–water partition coefficient (Wildman–Crippen LogP) is 13.0. The van der Waals surface area contributed by atoms with Gasteiger partial charge in [0.05, 0.1) is 0 Å². The summed E-state index contributed by atoms with van der Waals surface area (Å²) in [5, 5.41) is 0. The summed E-state index contributed by atoms with van der Waals surface area (Å²) < 4.78 is 0. The van der Waals surface area contributed by atoms with Crippen molar-refractivity contribution in [2.24, 2.45) is 0 Å². The Labute approximate surface area is 297 Å². The van der Waals surface area contributed by atoms with Gasteiger partial charge in [-0.3, -0.25) is 0 Å². The molecule has 1 unspecified atom stereocenters. The molecule has 0 radical (unpaired) electrons. The Kier molecular flexibility index (Phi) is 18.0. The van der Waals surface area contributed by atoms with Gasteiger partial charge in [-0.25, -0.2) is 0 Å². The molecule has 1 aliphatic rings. The molecule has 0 amide bonds. The van der Waals surface area contributed by atoms with Crippen LogP contribution in [0.2, 0.25) is 13.1 Å². The SMILES string of the molecule is C(C=Cc1ccccc1)=Cc1ccccc1.CC(C)(C)[NH-].CC(C)(C)[NH-].CC1=Cc2c(-c3ccccc3)cccc2C1[SiH](C)C.[Ti+2]. The molecule has 1 aliphatic carbocycles. The third-order valence-corrected chi connectivity index (χ3v) is 8.59. The van der Waals surface area contributed by atoms with Gasteiger partial charge in [0, 0.05) is 8.80 Å². The van der Waals surface area contributed by atoms with E-state index in [4.69, 9.17) is 11.5 Å². The smallest absolute Gasteiger partial charge is 0.673 e. The van der Waals surface area contributed by atoms with Crippen molar-refractivity contribution in [3.05, 3.63) is 161 Å². The van der Waals surface area contributed by atoms with Gasteiger partial charge in [0.2, 0.25) is 0 Å². The third kappa shape index (κ3) is 17.0. The van der Waals surface area contributed by atoms with Crippen LogP contribution in [0.15, 0.2) is 127 Å². The fourth-order valence-electron chi connectivity index (χ4n) is 4.79. The van der Waals surface area contributed by atoms with E-state index in [1.54, 1.807) is 11.1 Å². The van der Waals surface area contributed by atoms with Crippen LogP contribution in [-0.4, -0.2) is 19.9 Å². The van der Waals surface area contributed by atoms with Crippen molar-refractivity contribution in [3.63, 3.8) is 0 Å². The second-order valence-corrected chi connectivity index (χ2v) is 17.0. The summed E-state index contributed by atoms with van der Waals surface area (Å²) in [7, 11) is -0.701. The number of hydrogen-bond acceptors (Lipinski definition) is 0. The first-order valence-electron chi connectivity index (χ1n) is 15.9. The van der Waals surface area contributed by atoms with Crippen LogP contribution < -0.4 is 0 Å². The Morgan fingerprint density at radius 1 is 0.587 bits per heavy atom. The molecule has 4 aromatic rings. The summed E-state index contributed by atoms with van der Waals surface area (Å²) in [6, 6.07) is 38.1. The van der Waals surface area contributed by atoms with Crippen LogP contribution in [-0.2, 0) is 21.7 Å². The van der Waals surface area contributed by atoms with E-state index >= 15 is 0 Å². The predicted molar refractivity (Wildman–Crippen MR) is 206 cm³/mol. The largest absolute Gasteiger partial charge is 2.00 e. The Balaban J connectivity index is 0.000000354. The standard InChI is InChI=1S/C18H20Si.C16H14.2C4H10N.Ti/c1-13-12-17-15(14-8-5-4-6-9-14)10-7-11-16(17)18(13)19(2)3;1-3-9-15(10-4-1)13-7-8-14-16-11-5-2-6-12-16;2*1-4(2,3)5;/h4-12,18-19H,1-3H3;1-14H;2*5H,1-3H3;/q;;2*-1;+2. The quantitative estimate of drug-likeness (QED) is 0.151. The maximum Gasteiger partial charge on any atom is 2.00 e. The topological polar surface area (TPSA) is 47.6 Å². The summed E-state index contributed by atoms with van der Waals surface area (Å²) >= 11 is 0. The summed E-state index contributed by atoms with van der Waals surface area (Å²) in [5.41, 5.74) is 23.8. The van der Waals surface area contributed by atoms with Crippen LogP contribution >= 0.6 is 0 Å². The van der Waals surface area contributed by atoms with Gasteiger partial charge in [-0.1, -0.05) is 200 Å². The van der Waals surface area contributed by atoms with Gasteiger partial charge < -0.3 is 11.5 Å². The van der Waals surface area contributed by atoms with E-state index in [9.17, 15) is 0 Å². The van der Waals surface area contributed by atoms with Crippen LogP contribution in [0.5, 0.6) is 0 Å². The molecule has 0 spiro atoms. The van der Waals surface area contributed by atoms with Gasteiger partial charge in [0.25, 0.3) is 0 Å². The number of benzene rings is 4. The zero-order valence-corrected chi connectivity index (χ0v) is 32.2. The van der Waals surface area contributed by atoms with Gasteiger partial charge in [-0.2, -0.15) is 0 Å². The van der Waals surface area contributed by atoms with Crippen LogP contribution in [0.25, 0.3) is 40.8 Å². The Morgan fingerprint density at radius 3 is 1.37 bits per heavy atom. The second kappa shape index (κ2) is 20.2. The monoisotopic (exact) mass is 662 g/mol. The van der Waals surface area contributed by atoms with E-state index in [1.165, 1.54) is 27.8 Å². The summed E-state index contributed by atoms with van der Waals surface area (Å²) in [6.07, 6.45) is 10.7. The molecule has 5 rings (SSSR count). The number of hydrogen-bond donors (Lipinski definition) is 0. The minimum absolute atomic E-state index is 0.